The Morgan fingerprint density at radius 2 is 1.65 bits per heavy atom. The molecule has 6 heteroatoms. The first kappa shape index (κ1) is 18.8. The van der Waals surface area contributed by atoms with Crippen molar-refractivity contribution in [3.63, 3.8) is 0 Å². The van der Waals surface area contributed by atoms with Crippen LogP contribution in [0.3, 0.4) is 0 Å². The summed E-state index contributed by atoms with van der Waals surface area (Å²) in [4.78, 5) is 26.8. The first-order valence-electron chi connectivity index (χ1n) is 9.52. The number of carbonyl (C=O) groups excluding carboxylic acids is 2. The minimum absolute atomic E-state index is 0.00282. The molecule has 142 valence electrons. The van der Waals surface area contributed by atoms with Crippen molar-refractivity contribution in [1.29, 1.82) is 0 Å². The van der Waals surface area contributed by atoms with Gasteiger partial charge in [-0.15, -0.1) is 0 Å². The number of ether oxygens (including phenoxy) is 1. The predicted octanol–water partition coefficient (Wildman–Crippen LogP) is 2.15. The Kier molecular flexibility index (Phi) is 6.61. The molecule has 1 heterocycles. The van der Waals surface area contributed by atoms with Gasteiger partial charge in [-0.1, -0.05) is 12.1 Å². The van der Waals surface area contributed by atoms with Gasteiger partial charge in [0.05, 0.1) is 13.2 Å². The van der Waals surface area contributed by atoms with Gasteiger partial charge in [-0.2, -0.15) is 0 Å². The van der Waals surface area contributed by atoms with E-state index in [0.29, 0.717) is 39.3 Å². The summed E-state index contributed by atoms with van der Waals surface area (Å²) in [5.41, 5.74) is 1.01. The van der Waals surface area contributed by atoms with Gasteiger partial charge in [0.1, 0.15) is 5.82 Å². The first-order valence-corrected chi connectivity index (χ1v) is 9.52. The molecule has 2 aliphatic rings. The minimum Gasteiger partial charge on any atom is -0.378 e. The van der Waals surface area contributed by atoms with Crippen molar-refractivity contribution in [2.75, 3.05) is 32.8 Å². The van der Waals surface area contributed by atoms with E-state index in [9.17, 15) is 14.0 Å². The lowest BCUT2D eigenvalue weighted by atomic mass is 9.81. The van der Waals surface area contributed by atoms with Crippen LogP contribution in [0.1, 0.15) is 31.2 Å². The number of morpholine rings is 1. The summed E-state index contributed by atoms with van der Waals surface area (Å²) in [7, 11) is 0. The molecule has 26 heavy (non-hydrogen) atoms. The fourth-order valence-corrected chi connectivity index (χ4v) is 3.77. The van der Waals surface area contributed by atoms with E-state index >= 15 is 0 Å². The summed E-state index contributed by atoms with van der Waals surface area (Å²) in [6.07, 6.45) is 3.79. The van der Waals surface area contributed by atoms with E-state index in [-0.39, 0.29) is 29.5 Å². The molecule has 1 aromatic carbocycles. The molecule has 2 fully saturated rings. The molecule has 0 spiro atoms. The van der Waals surface area contributed by atoms with Crippen molar-refractivity contribution in [2.45, 2.75) is 32.1 Å². The van der Waals surface area contributed by atoms with Crippen LogP contribution >= 0.6 is 0 Å². The monoisotopic (exact) mass is 362 g/mol. The van der Waals surface area contributed by atoms with E-state index in [1.54, 1.807) is 12.1 Å². The van der Waals surface area contributed by atoms with Crippen molar-refractivity contribution in [1.82, 2.24) is 10.2 Å². The molecule has 2 amide bonds. The Bertz CT molecular complexity index is 606. The SMILES string of the molecule is O=C(NCCc1ccc(F)cc1)C1CCC(C(=O)N2CCOCC2)CC1. The van der Waals surface area contributed by atoms with Crippen molar-refractivity contribution in [2.24, 2.45) is 11.8 Å². The lowest BCUT2D eigenvalue weighted by molar-refractivity contribution is -0.142. The predicted molar refractivity (Wildman–Crippen MR) is 96.0 cm³/mol. The Hall–Kier alpha value is -1.95. The largest absolute Gasteiger partial charge is 0.378 e. The maximum atomic E-state index is 12.9. The molecule has 3 rings (SSSR count). The summed E-state index contributed by atoms with van der Waals surface area (Å²) in [5.74, 6) is 0.0994. The van der Waals surface area contributed by atoms with Gasteiger partial charge in [0.25, 0.3) is 0 Å². The normalized spacial score (nSPS) is 23.5. The Morgan fingerprint density at radius 1 is 1.04 bits per heavy atom. The number of amides is 2. The highest BCUT2D eigenvalue weighted by Gasteiger charge is 2.32. The smallest absolute Gasteiger partial charge is 0.225 e. The average molecular weight is 362 g/mol. The molecule has 5 nitrogen and oxygen atoms in total. The third-order valence-corrected chi connectivity index (χ3v) is 5.40. The lowest BCUT2D eigenvalue weighted by Gasteiger charge is -2.33. The number of benzene rings is 1. The second-order valence-corrected chi connectivity index (χ2v) is 7.15. The van der Waals surface area contributed by atoms with Crippen molar-refractivity contribution in [3.8, 4) is 0 Å². The van der Waals surface area contributed by atoms with Crippen molar-refractivity contribution in [3.05, 3.63) is 35.6 Å². The first-order chi connectivity index (χ1) is 12.6. The van der Waals surface area contributed by atoms with Crippen LogP contribution in [0.5, 0.6) is 0 Å². The van der Waals surface area contributed by atoms with Crippen LogP contribution < -0.4 is 5.32 Å². The molecule has 0 bridgehead atoms. The number of halogens is 1. The number of carbonyl (C=O) groups is 2. The van der Waals surface area contributed by atoms with Gasteiger partial charge < -0.3 is 15.0 Å². The summed E-state index contributed by atoms with van der Waals surface area (Å²) in [6.45, 7) is 3.16. The molecule has 1 aliphatic heterocycles. The van der Waals surface area contributed by atoms with E-state index in [4.69, 9.17) is 4.74 Å². The van der Waals surface area contributed by atoms with Gasteiger partial charge in [0.2, 0.25) is 11.8 Å². The summed E-state index contributed by atoms with van der Waals surface area (Å²) in [6, 6.07) is 6.35. The van der Waals surface area contributed by atoms with Gasteiger partial charge in [0.15, 0.2) is 0 Å². The van der Waals surface area contributed by atoms with Crippen LogP contribution in [0.2, 0.25) is 0 Å². The topological polar surface area (TPSA) is 58.6 Å². The maximum absolute atomic E-state index is 12.9. The highest BCUT2D eigenvalue weighted by atomic mass is 19.1. The molecule has 0 unspecified atom stereocenters. The maximum Gasteiger partial charge on any atom is 0.225 e. The summed E-state index contributed by atoms with van der Waals surface area (Å²) < 4.78 is 18.2. The molecule has 0 atom stereocenters. The van der Waals surface area contributed by atoms with E-state index in [1.165, 1.54) is 12.1 Å². The van der Waals surface area contributed by atoms with Crippen LogP contribution in [-0.4, -0.2) is 49.6 Å². The third kappa shape index (κ3) is 5.04. The van der Waals surface area contributed by atoms with Gasteiger partial charge >= 0.3 is 0 Å². The van der Waals surface area contributed by atoms with Gasteiger partial charge in [0, 0.05) is 31.5 Å². The Labute approximate surface area is 153 Å². The molecule has 0 radical (unpaired) electrons. The second kappa shape index (κ2) is 9.12. The number of hydrogen-bond acceptors (Lipinski definition) is 3. The van der Waals surface area contributed by atoms with Crippen molar-refractivity contribution < 1.29 is 18.7 Å². The molecule has 1 aromatic rings. The molecule has 1 saturated heterocycles. The number of rotatable bonds is 5. The zero-order valence-electron chi connectivity index (χ0n) is 15.1. The second-order valence-electron chi connectivity index (χ2n) is 7.15. The van der Waals surface area contributed by atoms with Crippen molar-refractivity contribution >= 4 is 11.8 Å². The molecule has 1 saturated carbocycles. The summed E-state index contributed by atoms with van der Waals surface area (Å²) >= 11 is 0. The fourth-order valence-electron chi connectivity index (χ4n) is 3.77. The summed E-state index contributed by atoms with van der Waals surface area (Å²) in [5, 5.41) is 2.98. The van der Waals surface area contributed by atoms with E-state index in [1.807, 2.05) is 4.90 Å². The van der Waals surface area contributed by atoms with E-state index < -0.39 is 0 Å². The van der Waals surface area contributed by atoms with Crippen LogP contribution in [0.4, 0.5) is 4.39 Å². The molecular weight excluding hydrogens is 335 g/mol. The highest BCUT2D eigenvalue weighted by molar-refractivity contribution is 5.81. The highest BCUT2D eigenvalue weighted by Crippen LogP contribution is 2.30. The Balaban J connectivity index is 1.37. The quantitative estimate of drug-likeness (QED) is 0.873. The standard InChI is InChI=1S/C20H27FN2O3/c21-18-7-1-15(2-8-18)9-10-22-19(24)16-3-5-17(6-4-16)20(25)23-11-13-26-14-12-23/h1-2,7-8,16-17H,3-6,9-14H2,(H,22,24). The van der Waals surface area contributed by atoms with E-state index in [0.717, 1.165) is 31.2 Å². The molecule has 0 aromatic heterocycles. The van der Waals surface area contributed by atoms with Crippen LogP contribution in [0, 0.1) is 17.7 Å². The number of hydrogen-bond donors (Lipinski definition) is 1. The number of nitrogens with zero attached hydrogens (tertiary/aromatic N) is 1. The van der Waals surface area contributed by atoms with Crippen LogP contribution in [0.15, 0.2) is 24.3 Å². The van der Waals surface area contributed by atoms with Gasteiger partial charge in [-0.25, -0.2) is 4.39 Å². The lowest BCUT2D eigenvalue weighted by Crippen LogP contribution is -2.45. The molecular formula is C20H27FN2O3. The van der Waals surface area contributed by atoms with E-state index in [2.05, 4.69) is 5.32 Å². The van der Waals surface area contributed by atoms with Gasteiger partial charge in [-0.05, 0) is 49.8 Å². The zero-order valence-corrected chi connectivity index (χ0v) is 15.1. The zero-order chi connectivity index (χ0) is 18.4. The van der Waals surface area contributed by atoms with Crippen LogP contribution in [0.25, 0.3) is 0 Å². The fraction of sp³-hybridized carbons (Fsp3) is 0.600. The Morgan fingerprint density at radius 3 is 2.31 bits per heavy atom. The van der Waals surface area contributed by atoms with Gasteiger partial charge in [-0.3, -0.25) is 9.59 Å². The van der Waals surface area contributed by atoms with Crippen LogP contribution in [-0.2, 0) is 20.7 Å². The molecule has 1 aliphatic carbocycles. The average Bonchev–Trinajstić information content (AvgIpc) is 2.69. The molecule has 1 N–H and O–H groups in total. The third-order valence-electron chi connectivity index (χ3n) is 5.40. The number of nitrogens with one attached hydrogen (secondary N) is 1. The minimum atomic E-state index is -0.249.